The van der Waals surface area contributed by atoms with Crippen LogP contribution in [-0.2, 0) is 6.42 Å². The van der Waals surface area contributed by atoms with Gasteiger partial charge in [0.15, 0.2) is 5.78 Å². The van der Waals surface area contributed by atoms with Crippen molar-refractivity contribution in [1.29, 1.82) is 0 Å². The molecule has 0 saturated heterocycles. The van der Waals surface area contributed by atoms with Crippen LogP contribution >= 0.6 is 11.3 Å². The summed E-state index contributed by atoms with van der Waals surface area (Å²) < 4.78 is 0. The lowest BCUT2D eigenvalue weighted by Crippen LogP contribution is -2.00. The average molecular weight is 400 g/mol. The lowest BCUT2D eigenvalue weighted by Gasteiger charge is -2.08. The number of thiazole rings is 1. The number of Topliss-reactive ketones (excluding diaryl/α,β-unsaturated/α-hetero) is 1. The highest BCUT2D eigenvalue weighted by Gasteiger charge is 2.13. The molecular formula is C24H21N3OS. The molecule has 0 unspecified atom stereocenters. The van der Waals surface area contributed by atoms with Crippen LogP contribution in [0.25, 0.3) is 21.8 Å². The minimum Gasteiger partial charge on any atom is -0.293 e. The van der Waals surface area contributed by atoms with E-state index in [2.05, 4.69) is 27.9 Å². The Hall–Kier alpha value is -3.18. The summed E-state index contributed by atoms with van der Waals surface area (Å²) in [6.45, 7) is 4.03. The maximum Gasteiger partial charge on any atom is 0.174 e. The minimum absolute atomic E-state index is 0.121. The third-order valence-electron chi connectivity index (χ3n) is 4.75. The Morgan fingerprint density at radius 1 is 0.931 bits per heavy atom. The van der Waals surface area contributed by atoms with Crippen molar-refractivity contribution in [3.63, 3.8) is 0 Å². The van der Waals surface area contributed by atoms with Gasteiger partial charge in [-0.1, -0.05) is 36.4 Å². The van der Waals surface area contributed by atoms with Gasteiger partial charge >= 0.3 is 0 Å². The molecule has 144 valence electrons. The molecule has 0 bridgehead atoms. The third kappa shape index (κ3) is 4.46. The summed E-state index contributed by atoms with van der Waals surface area (Å²) in [4.78, 5) is 26.6. The Labute approximate surface area is 174 Å². The van der Waals surface area contributed by atoms with E-state index in [9.17, 15) is 4.79 Å². The third-order valence-corrected chi connectivity index (χ3v) is 5.83. The molecule has 4 nitrogen and oxygen atoms in total. The summed E-state index contributed by atoms with van der Waals surface area (Å²) in [5.74, 6) is 0.121. The Bertz CT molecular complexity index is 1150. The van der Waals surface area contributed by atoms with Crippen molar-refractivity contribution >= 4 is 17.1 Å². The molecule has 0 aliphatic rings. The fourth-order valence-electron chi connectivity index (χ4n) is 3.26. The zero-order chi connectivity index (χ0) is 20.2. The van der Waals surface area contributed by atoms with Gasteiger partial charge in [0.1, 0.15) is 5.01 Å². The number of hydrogen-bond acceptors (Lipinski definition) is 5. The van der Waals surface area contributed by atoms with E-state index >= 15 is 0 Å². The van der Waals surface area contributed by atoms with Crippen LogP contribution in [0.1, 0.15) is 32.9 Å². The number of carbonyl (C=O) groups excluding carboxylic acids is 1. The molecule has 4 aromatic rings. The molecule has 29 heavy (non-hydrogen) atoms. The molecule has 0 fully saturated rings. The quantitative estimate of drug-likeness (QED) is 0.390. The van der Waals surface area contributed by atoms with E-state index in [1.165, 1.54) is 11.3 Å². The predicted octanol–water partition coefficient (Wildman–Crippen LogP) is 5.70. The van der Waals surface area contributed by atoms with Gasteiger partial charge in [-0.2, -0.15) is 0 Å². The van der Waals surface area contributed by atoms with Crippen LogP contribution in [0.3, 0.4) is 0 Å². The highest BCUT2D eigenvalue weighted by atomic mass is 32.1. The van der Waals surface area contributed by atoms with Gasteiger partial charge < -0.3 is 0 Å². The summed E-state index contributed by atoms with van der Waals surface area (Å²) in [7, 11) is 0. The highest BCUT2D eigenvalue weighted by molar-refractivity contribution is 7.16. The molecule has 3 heterocycles. The van der Waals surface area contributed by atoms with E-state index in [0.29, 0.717) is 17.7 Å². The number of pyridine rings is 2. The predicted molar refractivity (Wildman–Crippen MR) is 117 cm³/mol. The average Bonchev–Trinajstić information content (AvgIpc) is 3.23. The van der Waals surface area contributed by atoms with E-state index in [1.54, 1.807) is 12.4 Å². The van der Waals surface area contributed by atoms with E-state index in [0.717, 1.165) is 38.6 Å². The summed E-state index contributed by atoms with van der Waals surface area (Å²) in [6.07, 6.45) is 6.48. The van der Waals surface area contributed by atoms with E-state index in [4.69, 9.17) is 0 Å². The number of ketones is 1. The molecular weight excluding hydrogens is 378 g/mol. The molecule has 1 aromatic carbocycles. The topological polar surface area (TPSA) is 55.7 Å². The van der Waals surface area contributed by atoms with E-state index in [1.807, 2.05) is 55.6 Å². The van der Waals surface area contributed by atoms with Crippen LogP contribution in [0.2, 0.25) is 0 Å². The SMILES string of the molecule is Cc1cc(-c2ncc(CCC(=O)c3cnc(-c4ccccc4)s3)cc2C)ccn1. The van der Waals surface area contributed by atoms with Gasteiger partial charge in [0.2, 0.25) is 0 Å². The number of carbonyl (C=O) groups is 1. The van der Waals surface area contributed by atoms with Crippen molar-refractivity contribution in [2.75, 3.05) is 0 Å². The van der Waals surface area contributed by atoms with Crippen molar-refractivity contribution < 1.29 is 4.79 Å². The van der Waals surface area contributed by atoms with Gasteiger partial charge in [-0.3, -0.25) is 14.8 Å². The molecule has 0 aliphatic carbocycles. The van der Waals surface area contributed by atoms with Crippen LogP contribution in [0.5, 0.6) is 0 Å². The molecule has 0 saturated carbocycles. The second-order valence-corrected chi connectivity index (χ2v) is 8.04. The Balaban J connectivity index is 1.43. The fourth-order valence-corrected chi connectivity index (χ4v) is 4.15. The molecule has 0 spiro atoms. The lowest BCUT2D eigenvalue weighted by atomic mass is 10.0. The number of rotatable bonds is 6. The Morgan fingerprint density at radius 2 is 1.76 bits per heavy atom. The summed E-state index contributed by atoms with van der Waals surface area (Å²) in [6, 6.07) is 16.1. The number of nitrogens with zero attached hydrogens (tertiary/aromatic N) is 3. The number of aryl methyl sites for hydroxylation is 3. The second kappa shape index (κ2) is 8.45. The first-order valence-corrected chi connectivity index (χ1v) is 10.3. The molecule has 4 rings (SSSR count). The van der Waals surface area contributed by atoms with Crippen LogP contribution < -0.4 is 0 Å². The fraction of sp³-hybridized carbons (Fsp3) is 0.167. The molecule has 0 radical (unpaired) electrons. The normalized spacial score (nSPS) is 10.8. The molecule has 0 N–H and O–H groups in total. The Morgan fingerprint density at radius 3 is 2.52 bits per heavy atom. The first-order chi connectivity index (χ1) is 14.1. The minimum atomic E-state index is 0.121. The van der Waals surface area contributed by atoms with Crippen LogP contribution in [-0.4, -0.2) is 20.7 Å². The number of hydrogen-bond donors (Lipinski definition) is 0. The maximum atomic E-state index is 12.6. The van der Waals surface area contributed by atoms with E-state index < -0.39 is 0 Å². The first kappa shape index (κ1) is 19.2. The standard InChI is InChI=1S/C24H21N3OS/c1-16-12-18(14-26-23(16)20-10-11-25-17(2)13-20)8-9-21(28)22-15-27-24(29-22)19-6-4-3-5-7-19/h3-7,10-15H,8-9H2,1-2H3. The van der Waals surface area contributed by atoms with Gasteiger partial charge in [0, 0.05) is 41.8 Å². The monoisotopic (exact) mass is 399 g/mol. The lowest BCUT2D eigenvalue weighted by molar-refractivity contribution is 0.0986. The van der Waals surface area contributed by atoms with Crippen molar-refractivity contribution in [2.45, 2.75) is 26.7 Å². The number of benzene rings is 1. The molecule has 0 aliphatic heterocycles. The summed E-state index contributed by atoms with van der Waals surface area (Å²) in [5.41, 5.74) is 6.20. The van der Waals surface area contributed by atoms with Crippen molar-refractivity contribution in [3.8, 4) is 21.8 Å². The van der Waals surface area contributed by atoms with E-state index in [-0.39, 0.29) is 5.78 Å². The largest absolute Gasteiger partial charge is 0.293 e. The maximum absolute atomic E-state index is 12.6. The van der Waals surface area contributed by atoms with Crippen LogP contribution in [0.4, 0.5) is 0 Å². The summed E-state index contributed by atoms with van der Waals surface area (Å²) in [5, 5.41) is 0.878. The number of aromatic nitrogens is 3. The molecule has 3 aromatic heterocycles. The highest BCUT2D eigenvalue weighted by Crippen LogP contribution is 2.26. The molecule has 5 heteroatoms. The molecule has 0 atom stereocenters. The second-order valence-electron chi connectivity index (χ2n) is 7.01. The smallest absolute Gasteiger partial charge is 0.174 e. The summed E-state index contributed by atoms with van der Waals surface area (Å²) >= 11 is 1.45. The van der Waals surface area contributed by atoms with Crippen LogP contribution in [0, 0.1) is 13.8 Å². The van der Waals surface area contributed by atoms with Gasteiger partial charge in [0.25, 0.3) is 0 Å². The van der Waals surface area contributed by atoms with Gasteiger partial charge in [-0.25, -0.2) is 4.98 Å². The van der Waals surface area contributed by atoms with Crippen LogP contribution in [0.15, 0.2) is 67.1 Å². The van der Waals surface area contributed by atoms with Gasteiger partial charge in [-0.05, 0) is 43.5 Å². The van der Waals surface area contributed by atoms with Crippen molar-refractivity contribution in [2.24, 2.45) is 0 Å². The zero-order valence-electron chi connectivity index (χ0n) is 16.4. The van der Waals surface area contributed by atoms with Gasteiger partial charge in [-0.15, -0.1) is 11.3 Å². The first-order valence-electron chi connectivity index (χ1n) is 9.53. The molecule has 0 amide bonds. The Kier molecular flexibility index (Phi) is 5.58. The zero-order valence-corrected chi connectivity index (χ0v) is 17.2. The van der Waals surface area contributed by atoms with Crippen molar-refractivity contribution in [1.82, 2.24) is 15.0 Å². The van der Waals surface area contributed by atoms with Gasteiger partial charge in [0.05, 0.1) is 10.6 Å². The van der Waals surface area contributed by atoms with Crippen molar-refractivity contribution in [3.05, 3.63) is 88.8 Å².